The van der Waals surface area contributed by atoms with E-state index in [1.54, 1.807) is 24.3 Å². The monoisotopic (exact) mass is 341 g/mol. The minimum Gasteiger partial charge on any atom is -0.478 e. The van der Waals surface area contributed by atoms with Gasteiger partial charge in [0.15, 0.2) is 5.60 Å². The molecule has 0 aromatic heterocycles. The van der Waals surface area contributed by atoms with Crippen LogP contribution < -0.4 is 10.1 Å². The van der Waals surface area contributed by atoms with Crippen molar-refractivity contribution >= 4 is 17.6 Å². The molecular weight excluding hydrogens is 318 g/mol. The zero-order valence-corrected chi connectivity index (χ0v) is 14.9. The van der Waals surface area contributed by atoms with Crippen molar-refractivity contribution in [3.8, 4) is 5.75 Å². The van der Waals surface area contributed by atoms with Crippen molar-refractivity contribution in [1.29, 1.82) is 0 Å². The molecule has 2 rings (SSSR count). The standard InChI is InChI=1S/C20H23NO4/c1-13-5-8-16(11-14(13)2)21-18(22)12-15-6-9-17(10-7-15)25-20(3,4)19(23)24/h5-11H,12H2,1-4H3,(H,21,22)(H,23,24). The molecule has 2 N–H and O–H groups in total. The summed E-state index contributed by atoms with van der Waals surface area (Å²) in [6.07, 6.45) is 0.232. The number of ether oxygens (including phenoxy) is 1. The highest BCUT2D eigenvalue weighted by Crippen LogP contribution is 2.20. The third-order valence-electron chi connectivity index (χ3n) is 3.97. The van der Waals surface area contributed by atoms with Gasteiger partial charge in [0.25, 0.3) is 0 Å². The number of anilines is 1. The lowest BCUT2D eigenvalue weighted by atomic mass is 10.1. The molecule has 25 heavy (non-hydrogen) atoms. The largest absolute Gasteiger partial charge is 0.478 e. The normalized spacial score (nSPS) is 11.0. The van der Waals surface area contributed by atoms with Crippen molar-refractivity contribution in [2.75, 3.05) is 5.32 Å². The molecule has 0 aliphatic heterocycles. The Kier molecular flexibility index (Phi) is 5.47. The Morgan fingerprint density at radius 2 is 1.68 bits per heavy atom. The number of aliphatic carboxylic acids is 1. The maximum Gasteiger partial charge on any atom is 0.347 e. The number of amides is 1. The van der Waals surface area contributed by atoms with Crippen molar-refractivity contribution in [3.05, 3.63) is 59.2 Å². The molecule has 0 aliphatic rings. The van der Waals surface area contributed by atoms with Crippen LogP contribution in [0.5, 0.6) is 5.75 Å². The predicted octanol–water partition coefficient (Wildman–Crippen LogP) is 3.73. The summed E-state index contributed by atoms with van der Waals surface area (Å²) in [6.45, 7) is 7.00. The van der Waals surface area contributed by atoms with Crippen LogP contribution in [0.1, 0.15) is 30.5 Å². The summed E-state index contributed by atoms with van der Waals surface area (Å²) in [5, 5.41) is 12.0. The maximum atomic E-state index is 12.2. The molecule has 0 unspecified atom stereocenters. The molecular formula is C20H23NO4. The molecule has 0 fully saturated rings. The summed E-state index contributed by atoms with van der Waals surface area (Å²) in [5.74, 6) is -0.696. The summed E-state index contributed by atoms with van der Waals surface area (Å²) in [4.78, 5) is 23.2. The Hall–Kier alpha value is -2.82. The number of benzene rings is 2. The molecule has 0 saturated heterocycles. The zero-order valence-electron chi connectivity index (χ0n) is 14.9. The van der Waals surface area contributed by atoms with E-state index in [1.165, 1.54) is 19.4 Å². The first-order valence-corrected chi connectivity index (χ1v) is 8.06. The number of aryl methyl sites for hydroxylation is 2. The van der Waals surface area contributed by atoms with Crippen molar-refractivity contribution in [2.24, 2.45) is 0 Å². The van der Waals surface area contributed by atoms with E-state index in [-0.39, 0.29) is 12.3 Å². The molecule has 2 aromatic carbocycles. The van der Waals surface area contributed by atoms with Crippen molar-refractivity contribution in [2.45, 2.75) is 39.7 Å². The molecule has 132 valence electrons. The number of hydrogen-bond acceptors (Lipinski definition) is 3. The third kappa shape index (κ3) is 5.08. The van der Waals surface area contributed by atoms with Gasteiger partial charge in [0.2, 0.25) is 5.91 Å². The lowest BCUT2D eigenvalue weighted by Gasteiger charge is -2.21. The molecule has 0 aliphatic carbocycles. The minimum atomic E-state index is -1.30. The van der Waals surface area contributed by atoms with Crippen LogP contribution in [0.2, 0.25) is 0 Å². The Labute approximate surface area is 147 Å². The second-order valence-corrected chi connectivity index (χ2v) is 6.59. The number of nitrogens with one attached hydrogen (secondary N) is 1. The fraction of sp³-hybridized carbons (Fsp3) is 0.300. The van der Waals surface area contributed by atoms with E-state index in [0.717, 1.165) is 16.8 Å². The van der Waals surface area contributed by atoms with Crippen LogP contribution in [0, 0.1) is 13.8 Å². The molecule has 2 aromatic rings. The number of rotatable bonds is 6. The molecule has 5 nitrogen and oxygen atoms in total. The van der Waals surface area contributed by atoms with Gasteiger partial charge in [0, 0.05) is 5.69 Å². The molecule has 5 heteroatoms. The van der Waals surface area contributed by atoms with Crippen molar-refractivity contribution < 1.29 is 19.4 Å². The van der Waals surface area contributed by atoms with Crippen molar-refractivity contribution in [1.82, 2.24) is 0 Å². The topological polar surface area (TPSA) is 75.6 Å². The van der Waals surface area contributed by atoms with Gasteiger partial charge in [-0.15, -0.1) is 0 Å². The van der Waals surface area contributed by atoms with Crippen LogP contribution in [-0.4, -0.2) is 22.6 Å². The van der Waals surface area contributed by atoms with Crippen LogP contribution in [-0.2, 0) is 16.0 Å². The highest BCUT2D eigenvalue weighted by molar-refractivity contribution is 5.92. The van der Waals surface area contributed by atoms with Gasteiger partial charge in [-0.25, -0.2) is 4.79 Å². The van der Waals surface area contributed by atoms with Crippen LogP contribution in [0.3, 0.4) is 0 Å². The van der Waals surface area contributed by atoms with Gasteiger partial charge in [-0.3, -0.25) is 4.79 Å². The highest BCUT2D eigenvalue weighted by Gasteiger charge is 2.29. The average molecular weight is 341 g/mol. The fourth-order valence-electron chi connectivity index (χ4n) is 2.22. The number of carboxylic acid groups (broad SMARTS) is 1. The molecule has 0 spiro atoms. The molecule has 0 bridgehead atoms. The average Bonchev–Trinajstić information content (AvgIpc) is 2.52. The van der Waals surface area contributed by atoms with Gasteiger partial charge in [-0.05, 0) is 68.7 Å². The lowest BCUT2D eigenvalue weighted by molar-refractivity contribution is -0.152. The summed E-state index contributed by atoms with van der Waals surface area (Å²) < 4.78 is 5.44. The van der Waals surface area contributed by atoms with E-state index in [4.69, 9.17) is 9.84 Å². The first-order chi connectivity index (χ1) is 11.7. The van der Waals surface area contributed by atoms with E-state index in [0.29, 0.717) is 5.75 Å². The van der Waals surface area contributed by atoms with Gasteiger partial charge >= 0.3 is 5.97 Å². The van der Waals surface area contributed by atoms with E-state index in [2.05, 4.69) is 5.32 Å². The predicted molar refractivity (Wildman–Crippen MR) is 97.0 cm³/mol. The summed E-state index contributed by atoms with van der Waals surface area (Å²) in [6, 6.07) is 12.7. The summed E-state index contributed by atoms with van der Waals surface area (Å²) in [7, 11) is 0. The Balaban J connectivity index is 1.97. The smallest absolute Gasteiger partial charge is 0.347 e. The van der Waals surface area contributed by atoms with E-state index < -0.39 is 11.6 Å². The molecule has 1 amide bonds. The van der Waals surface area contributed by atoms with E-state index >= 15 is 0 Å². The second kappa shape index (κ2) is 7.38. The van der Waals surface area contributed by atoms with Crippen LogP contribution in [0.25, 0.3) is 0 Å². The second-order valence-electron chi connectivity index (χ2n) is 6.59. The Morgan fingerprint density at radius 1 is 1.04 bits per heavy atom. The van der Waals surface area contributed by atoms with E-state index in [1.807, 2.05) is 32.0 Å². The van der Waals surface area contributed by atoms with Gasteiger partial charge in [0.1, 0.15) is 5.75 Å². The van der Waals surface area contributed by atoms with Gasteiger partial charge < -0.3 is 15.2 Å². The molecule has 0 heterocycles. The molecule has 0 radical (unpaired) electrons. The van der Waals surface area contributed by atoms with Crippen molar-refractivity contribution in [3.63, 3.8) is 0 Å². The highest BCUT2D eigenvalue weighted by atomic mass is 16.5. The quantitative estimate of drug-likeness (QED) is 0.839. The number of carbonyl (C=O) groups excluding carboxylic acids is 1. The molecule has 0 saturated carbocycles. The van der Waals surface area contributed by atoms with E-state index in [9.17, 15) is 9.59 Å². The third-order valence-corrected chi connectivity index (χ3v) is 3.97. The SMILES string of the molecule is Cc1ccc(NC(=O)Cc2ccc(OC(C)(C)C(=O)O)cc2)cc1C. The minimum absolute atomic E-state index is 0.109. The van der Waals surface area contributed by atoms with Crippen LogP contribution in [0.4, 0.5) is 5.69 Å². The van der Waals surface area contributed by atoms with Crippen LogP contribution in [0.15, 0.2) is 42.5 Å². The first-order valence-electron chi connectivity index (χ1n) is 8.06. The lowest BCUT2D eigenvalue weighted by Crippen LogP contribution is -2.37. The van der Waals surface area contributed by atoms with Gasteiger partial charge in [0.05, 0.1) is 6.42 Å². The molecule has 0 atom stereocenters. The fourth-order valence-corrected chi connectivity index (χ4v) is 2.22. The first kappa shape index (κ1) is 18.5. The Bertz CT molecular complexity index is 779. The number of carbonyl (C=O) groups is 2. The zero-order chi connectivity index (χ0) is 18.6. The van der Waals surface area contributed by atoms with Gasteiger partial charge in [-0.1, -0.05) is 18.2 Å². The number of hydrogen-bond donors (Lipinski definition) is 2. The number of carboxylic acids is 1. The van der Waals surface area contributed by atoms with Gasteiger partial charge in [-0.2, -0.15) is 0 Å². The summed E-state index contributed by atoms with van der Waals surface area (Å²) >= 11 is 0. The summed E-state index contributed by atoms with van der Waals surface area (Å²) in [5.41, 5.74) is 2.60. The van der Waals surface area contributed by atoms with Crippen LogP contribution >= 0.6 is 0 Å². The Morgan fingerprint density at radius 3 is 2.24 bits per heavy atom. The maximum absolute atomic E-state index is 12.2.